The van der Waals surface area contributed by atoms with Gasteiger partial charge >= 0.3 is 0 Å². The molecule has 0 aromatic heterocycles. The van der Waals surface area contributed by atoms with Crippen LogP contribution in [0.15, 0.2) is 0 Å². The van der Waals surface area contributed by atoms with Gasteiger partial charge in [-0.15, -0.1) is 0 Å². The molecule has 14 heavy (non-hydrogen) atoms. The summed E-state index contributed by atoms with van der Waals surface area (Å²) in [4.78, 5) is 2.52. The molecule has 0 bridgehead atoms. The Bertz CT molecular complexity index is 183. The average Bonchev–Trinajstić information content (AvgIpc) is 2.91. The lowest BCUT2D eigenvalue weighted by Gasteiger charge is -2.31. The highest BCUT2D eigenvalue weighted by Crippen LogP contribution is 2.34. The van der Waals surface area contributed by atoms with Crippen molar-refractivity contribution in [3.05, 3.63) is 0 Å². The zero-order valence-corrected chi connectivity index (χ0v) is 9.34. The van der Waals surface area contributed by atoms with Gasteiger partial charge in [0.1, 0.15) is 0 Å². The number of hydrogen-bond donors (Lipinski definition) is 1. The molecule has 0 spiro atoms. The second-order valence-electron chi connectivity index (χ2n) is 5.13. The smallest absolute Gasteiger partial charge is 0.0774 e. The molecule has 0 amide bonds. The molecule has 0 aromatic carbocycles. The summed E-state index contributed by atoms with van der Waals surface area (Å²) in [7, 11) is 0. The second kappa shape index (κ2) is 4.19. The molecule has 2 aliphatic rings. The summed E-state index contributed by atoms with van der Waals surface area (Å²) in [5.74, 6) is 0. The van der Waals surface area contributed by atoms with Crippen LogP contribution in [-0.2, 0) is 0 Å². The Morgan fingerprint density at radius 2 is 1.93 bits per heavy atom. The number of nitrogens with zero attached hydrogens (tertiary/aromatic N) is 1. The van der Waals surface area contributed by atoms with Gasteiger partial charge in [0.05, 0.1) is 5.60 Å². The highest BCUT2D eigenvalue weighted by atomic mass is 16.3. The first kappa shape index (κ1) is 10.4. The predicted octanol–water partition coefficient (Wildman–Crippen LogP) is 2.17. The summed E-state index contributed by atoms with van der Waals surface area (Å²) < 4.78 is 0. The maximum Gasteiger partial charge on any atom is 0.0774 e. The van der Waals surface area contributed by atoms with E-state index in [2.05, 4.69) is 11.8 Å². The van der Waals surface area contributed by atoms with Crippen LogP contribution in [0.25, 0.3) is 0 Å². The fourth-order valence-electron chi connectivity index (χ4n) is 2.69. The van der Waals surface area contributed by atoms with Crippen molar-refractivity contribution in [3.63, 3.8) is 0 Å². The van der Waals surface area contributed by atoms with Crippen molar-refractivity contribution in [1.82, 2.24) is 4.90 Å². The lowest BCUT2D eigenvalue weighted by molar-refractivity contribution is 0.00687. The molecule has 0 aliphatic heterocycles. The molecule has 2 nitrogen and oxygen atoms in total. The van der Waals surface area contributed by atoms with Gasteiger partial charge in [0, 0.05) is 12.6 Å². The third-order valence-corrected chi connectivity index (χ3v) is 3.61. The Labute approximate surface area is 87.3 Å². The number of hydrogen-bond acceptors (Lipinski definition) is 2. The van der Waals surface area contributed by atoms with Gasteiger partial charge in [0.2, 0.25) is 0 Å². The normalized spacial score (nSPS) is 25.9. The van der Waals surface area contributed by atoms with E-state index in [0.717, 1.165) is 25.4 Å². The van der Waals surface area contributed by atoms with Crippen LogP contribution in [0.2, 0.25) is 0 Å². The fraction of sp³-hybridized carbons (Fsp3) is 1.00. The van der Waals surface area contributed by atoms with Crippen molar-refractivity contribution in [3.8, 4) is 0 Å². The summed E-state index contributed by atoms with van der Waals surface area (Å²) in [5.41, 5.74) is -0.336. The highest BCUT2D eigenvalue weighted by Gasteiger charge is 2.37. The van der Waals surface area contributed by atoms with E-state index in [1.54, 1.807) is 0 Å². The van der Waals surface area contributed by atoms with Crippen LogP contribution in [0.4, 0.5) is 0 Å². The van der Waals surface area contributed by atoms with Crippen molar-refractivity contribution >= 4 is 0 Å². The molecular weight excluding hydrogens is 174 g/mol. The molecule has 2 fully saturated rings. The zero-order valence-electron chi connectivity index (χ0n) is 9.34. The summed E-state index contributed by atoms with van der Waals surface area (Å²) >= 11 is 0. The Morgan fingerprint density at radius 1 is 1.29 bits per heavy atom. The van der Waals surface area contributed by atoms with E-state index < -0.39 is 0 Å². The molecule has 1 N–H and O–H groups in total. The SMILES string of the molecule is CCCN(CC1(O)CCCC1)C1CC1. The van der Waals surface area contributed by atoms with E-state index in [1.807, 2.05) is 0 Å². The van der Waals surface area contributed by atoms with Gasteiger partial charge in [0.15, 0.2) is 0 Å². The van der Waals surface area contributed by atoms with Crippen LogP contribution in [-0.4, -0.2) is 34.7 Å². The van der Waals surface area contributed by atoms with Gasteiger partial charge < -0.3 is 5.11 Å². The van der Waals surface area contributed by atoms with Crippen LogP contribution < -0.4 is 0 Å². The van der Waals surface area contributed by atoms with Gasteiger partial charge in [-0.25, -0.2) is 0 Å². The first-order chi connectivity index (χ1) is 6.73. The lowest BCUT2D eigenvalue weighted by Crippen LogP contribution is -2.42. The van der Waals surface area contributed by atoms with Crippen molar-refractivity contribution in [1.29, 1.82) is 0 Å². The molecule has 0 saturated heterocycles. The van der Waals surface area contributed by atoms with Gasteiger partial charge in [-0.1, -0.05) is 19.8 Å². The standard InChI is InChI=1S/C12H23NO/c1-2-9-13(11-5-6-11)10-12(14)7-3-4-8-12/h11,14H,2-10H2,1H3. The Morgan fingerprint density at radius 3 is 2.43 bits per heavy atom. The van der Waals surface area contributed by atoms with Crippen LogP contribution in [0.5, 0.6) is 0 Å². The summed E-state index contributed by atoms with van der Waals surface area (Å²) in [5, 5.41) is 10.3. The topological polar surface area (TPSA) is 23.5 Å². The monoisotopic (exact) mass is 197 g/mol. The second-order valence-corrected chi connectivity index (χ2v) is 5.13. The van der Waals surface area contributed by atoms with E-state index in [9.17, 15) is 5.11 Å². The van der Waals surface area contributed by atoms with Crippen LogP contribution in [0, 0.1) is 0 Å². The van der Waals surface area contributed by atoms with Gasteiger partial charge in [-0.05, 0) is 38.6 Å². The van der Waals surface area contributed by atoms with Crippen LogP contribution in [0.1, 0.15) is 51.9 Å². The van der Waals surface area contributed by atoms with Gasteiger partial charge in [0.25, 0.3) is 0 Å². The third kappa shape index (κ3) is 2.48. The van der Waals surface area contributed by atoms with Crippen molar-refractivity contribution < 1.29 is 5.11 Å². The van der Waals surface area contributed by atoms with Gasteiger partial charge in [-0.3, -0.25) is 4.90 Å². The molecule has 2 aliphatic carbocycles. The summed E-state index contributed by atoms with van der Waals surface area (Å²) in [6.45, 7) is 4.34. The van der Waals surface area contributed by atoms with Crippen molar-refractivity contribution in [2.75, 3.05) is 13.1 Å². The quantitative estimate of drug-likeness (QED) is 0.730. The zero-order chi connectivity index (χ0) is 10.0. The maximum atomic E-state index is 10.3. The third-order valence-electron chi connectivity index (χ3n) is 3.61. The fourth-order valence-corrected chi connectivity index (χ4v) is 2.69. The molecule has 0 radical (unpaired) electrons. The number of rotatable bonds is 5. The van der Waals surface area contributed by atoms with Crippen molar-refractivity contribution in [2.45, 2.75) is 63.5 Å². The molecule has 0 heterocycles. The Hall–Kier alpha value is -0.0800. The van der Waals surface area contributed by atoms with E-state index >= 15 is 0 Å². The summed E-state index contributed by atoms with van der Waals surface area (Å²) in [6, 6.07) is 0.805. The van der Waals surface area contributed by atoms with Crippen molar-refractivity contribution in [2.24, 2.45) is 0 Å². The minimum atomic E-state index is -0.336. The molecule has 2 rings (SSSR count). The predicted molar refractivity (Wildman–Crippen MR) is 58.3 cm³/mol. The molecule has 2 saturated carbocycles. The summed E-state index contributed by atoms with van der Waals surface area (Å²) in [6.07, 6.45) is 8.43. The molecule has 82 valence electrons. The highest BCUT2D eigenvalue weighted by molar-refractivity contribution is 4.92. The van der Waals surface area contributed by atoms with E-state index in [4.69, 9.17) is 0 Å². The number of aliphatic hydroxyl groups is 1. The average molecular weight is 197 g/mol. The molecule has 2 heteroatoms. The first-order valence-electron chi connectivity index (χ1n) is 6.20. The van der Waals surface area contributed by atoms with Crippen LogP contribution >= 0.6 is 0 Å². The lowest BCUT2D eigenvalue weighted by atomic mass is 10.0. The first-order valence-corrected chi connectivity index (χ1v) is 6.20. The molecular formula is C12H23NO. The maximum absolute atomic E-state index is 10.3. The van der Waals surface area contributed by atoms with Gasteiger partial charge in [-0.2, -0.15) is 0 Å². The minimum Gasteiger partial charge on any atom is -0.389 e. The van der Waals surface area contributed by atoms with Crippen LogP contribution in [0.3, 0.4) is 0 Å². The molecule has 0 aromatic rings. The van der Waals surface area contributed by atoms with E-state index in [1.165, 1.54) is 38.6 Å². The molecule has 0 atom stereocenters. The largest absolute Gasteiger partial charge is 0.389 e. The molecule has 0 unspecified atom stereocenters. The van der Waals surface area contributed by atoms with E-state index in [0.29, 0.717) is 0 Å². The minimum absolute atomic E-state index is 0.336. The Balaban J connectivity index is 1.85. The van der Waals surface area contributed by atoms with E-state index in [-0.39, 0.29) is 5.60 Å². The Kier molecular flexibility index (Phi) is 3.13.